The Kier molecular flexibility index (Phi) is 6.50. The summed E-state index contributed by atoms with van der Waals surface area (Å²) in [5.41, 5.74) is 3.26. The fourth-order valence-corrected chi connectivity index (χ4v) is 3.26. The Balaban J connectivity index is 1.67. The lowest BCUT2D eigenvalue weighted by Crippen LogP contribution is -2.44. The second kappa shape index (κ2) is 9.04. The molecule has 146 valence electrons. The summed E-state index contributed by atoms with van der Waals surface area (Å²) in [7, 11) is 4.27. The average Bonchev–Trinajstić information content (AvgIpc) is 2.67. The molecule has 1 N–H and O–H groups in total. The number of unbranched alkanes of at least 4 members (excludes halogenated alkanes) is 1. The first-order valence-corrected chi connectivity index (χ1v) is 9.92. The fourth-order valence-electron chi connectivity index (χ4n) is 3.26. The summed E-state index contributed by atoms with van der Waals surface area (Å²) in [5.74, 6) is 1.62. The van der Waals surface area contributed by atoms with Gasteiger partial charge in [-0.25, -0.2) is 4.98 Å². The van der Waals surface area contributed by atoms with Crippen LogP contribution in [0.5, 0.6) is 0 Å². The van der Waals surface area contributed by atoms with E-state index >= 15 is 0 Å². The zero-order valence-corrected chi connectivity index (χ0v) is 17.1. The van der Waals surface area contributed by atoms with E-state index in [1.165, 1.54) is 12.1 Å². The molecule has 6 nitrogen and oxygen atoms in total. The third kappa shape index (κ3) is 5.32. The van der Waals surface area contributed by atoms with Gasteiger partial charge in [-0.05, 0) is 44.7 Å². The maximum absolute atomic E-state index is 4.69. The molecule has 2 aromatic rings. The minimum Gasteiger partial charge on any atom is -0.369 e. The minimum atomic E-state index is 0.653. The summed E-state index contributed by atoms with van der Waals surface area (Å²) in [5, 5.41) is 3.36. The number of hydrogen-bond acceptors (Lipinski definition) is 6. The molecule has 0 unspecified atom stereocenters. The molecule has 1 saturated heterocycles. The van der Waals surface area contributed by atoms with Crippen molar-refractivity contribution < 1.29 is 0 Å². The SMILES string of the molecule is CCCCN(C)c1cc(C)nc(Nc2ccc(N3CCN(C)CC3)cc2)n1. The van der Waals surface area contributed by atoms with E-state index in [1.807, 2.05) is 13.0 Å². The fraction of sp³-hybridized carbons (Fsp3) is 0.524. The van der Waals surface area contributed by atoms with Crippen LogP contribution >= 0.6 is 0 Å². The molecule has 0 aliphatic carbocycles. The summed E-state index contributed by atoms with van der Waals surface area (Å²) < 4.78 is 0. The number of benzene rings is 1. The quantitative estimate of drug-likeness (QED) is 0.807. The van der Waals surface area contributed by atoms with Crippen molar-refractivity contribution in [2.24, 2.45) is 0 Å². The van der Waals surface area contributed by atoms with E-state index < -0.39 is 0 Å². The monoisotopic (exact) mass is 368 g/mol. The van der Waals surface area contributed by atoms with Gasteiger partial charge in [-0.3, -0.25) is 0 Å². The maximum Gasteiger partial charge on any atom is 0.229 e. The Labute approximate surface area is 163 Å². The highest BCUT2D eigenvalue weighted by Gasteiger charge is 2.14. The van der Waals surface area contributed by atoms with E-state index in [0.29, 0.717) is 5.95 Å². The number of anilines is 4. The largest absolute Gasteiger partial charge is 0.369 e. The number of likely N-dealkylation sites (N-methyl/N-ethyl adjacent to an activating group) is 1. The molecule has 3 rings (SSSR count). The first-order valence-electron chi connectivity index (χ1n) is 9.92. The zero-order valence-electron chi connectivity index (χ0n) is 17.1. The van der Waals surface area contributed by atoms with E-state index in [4.69, 9.17) is 4.98 Å². The van der Waals surface area contributed by atoms with Crippen molar-refractivity contribution >= 4 is 23.1 Å². The van der Waals surface area contributed by atoms with Crippen LogP contribution in [0, 0.1) is 6.92 Å². The summed E-state index contributed by atoms with van der Waals surface area (Å²) in [6.45, 7) is 9.62. The second-order valence-electron chi connectivity index (χ2n) is 7.43. The topological polar surface area (TPSA) is 47.5 Å². The molecule has 0 radical (unpaired) electrons. The Hall–Kier alpha value is -2.34. The second-order valence-corrected chi connectivity index (χ2v) is 7.43. The van der Waals surface area contributed by atoms with E-state index in [1.54, 1.807) is 0 Å². The molecule has 27 heavy (non-hydrogen) atoms. The Morgan fingerprint density at radius 2 is 1.78 bits per heavy atom. The molecule has 1 fully saturated rings. The van der Waals surface area contributed by atoms with Gasteiger partial charge in [0.05, 0.1) is 0 Å². The minimum absolute atomic E-state index is 0.653. The molecule has 1 aliphatic rings. The Morgan fingerprint density at radius 3 is 2.44 bits per heavy atom. The summed E-state index contributed by atoms with van der Waals surface area (Å²) in [4.78, 5) is 16.2. The highest BCUT2D eigenvalue weighted by atomic mass is 15.2. The van der Waals surface area contributed by atoms with Crippen LogP contribution < -0.4 is 15.1 Å². The van der Waals surface area contributed by atoms with Gasteiger partial charge in [-0.2, -0.15) is 4.98 Å². The Morgan fingerprint density at radius 1 is 1.07 bits per heavy atom. The third-order valence-corrected chi connectivity index (χ3v) is 5.07. The van der Waals surface area contributed by atoms with E-state index in [9.17, 15) is 0 Å². The molecular weight excluding hydrogens is 336 g/mol. The molecule has 2 heterocycles. The van der Waals surface area contributed by atoms with Crippen LogP contribution in [-0.4, -0.2) is 61.7 Å². The zero-order chi connectivity index (χ0) is 19.2. The molecular formula is C21H32N6. The molecule has 0 saturated carbocycles. The lowest BCUT2D eigenvalue weighted by atomic mass is 10.2. The highest BCUT2D eigenvalue weighted by molar-refractivity contribution is 5.60. The van der Waals surface area contributed by atoms with Crippen LogP contribution in [0.15, 0.2) is 30.3 Å². The van der Waals surface area contributed by atoms with Crippen molar-refractivity contribution in [1.29, 1.82) is 0 Å². The molecule has 0 spiro atoms. The van der Waals surface area contributed by atoms with Gasteiger partial charge in [0, 0.05) is 62.9 Å². The summed E-state index contributed by atoms with van der Waals surface area (Å²) in [6, 6.07) is 10.6. The van der Waals surface area contributed by atoms with Crippen molar-refractivity contribution in [2.75, 3.05) is 61.9 Å². The first-order chi connectivity index (χ1) is 13.0. The van der Waals surface area contributed by atoms with Gasteiger partial charge in [-0.15, -0.1) is 0 Å². The molecule has 1 aromatic heterocycles. The Bertz CT molecular complexity index is 722. The molecule has 0 atom stereocenters. The number of hydrogen-bond donors (Lipinski definition) is 1. The molecule has 1 aliphatic heterocycles. The smallest absolute Gasteiger partial charge is 0.229 e. The first kappa shape index (κ1) is 19.4. The van der Waals surface area contributed by atoms with Gasteiger partial charge in [0.2, 0.25) is 5.95 Å². The molecule has 0 amide bonds. The van der Waals surface area contributed by atoms with Crippen molar-refractivity contribution in [3.63, 3.8) is 0 Å². The number of nitrogens with one attached hydrogen (secondary N) is 1. The number of piperazine rings is 1. The van der Waals surface area contributed by atoms with Crippen LogP contribution in [0.4, 0.5) is 23.1 Å². The number of rotatable bonds is 7. The standard InChI is InChI=1S/C21H32N6/c1-5-6-11-26(4)20-16-17(2)22-21(24-20)23-18-7-9-19(10-8-18)27-14-12-25(3)13-15-27/h7-10,16H,5-6,11-15H2,1-4H3,(H,22,23,24). The van der Waals surface area contributed by atoms with Crippen molar-refractivity contribution in [2.45, 2.75) is 26.7 Å². The molecule has 0 bridgehead atoms. The van der Waals surface area contributed by atoms with Crippen LogP contribution in [0.25, 0.3) is 0 Å². The van der Waals surface area contributed by atoms with Gasteiger partial charge < -0.3 is 20.0 Å². The van der Waals surface area contributed by atoms with Crippen LogP contribution in [0.1, 0.15) is 25.5 Å². The third-order valence-electron chi connectivity index (χ3n) is 5.07. The maximum atomic E-state index is 4.69. The lowest BCUT2D eigenvalue weighted by molar-refractivity contribution is 0.313. The average molecular weight is 369 g/mol. The lowest BCUT2D eigenvalue weighted by Gasteiger charge is -2.34. The van der Waals surface area contributed by atoms with Crippen LogP contribution in [0.2, 0.25) is 0 Å². The van der Waals surface area contributed by atoms with Gasteiger partial charge in [-0.1, -0.05) is 13.3 Å². The van der Waals surface area contributed by atoms with Crippen LogP contribution in [0.3, 0.4) is 0 Å². The van der Waals surface area contributed by atoms with E-state index in [0.717, 1.165) is 56.3 Å². The summed E-state index contributed by atoms with van der Waals surface area (Å²) in [6.07, 6.45) is 2.34. The normalized spacial score (nSPS) is 15.0. The highest BCUT2D eigenvalue weighted by Crippen LogP contribution is 2.22. The van der Waals surface area contributed by atoms with Crippen molar-refractivity contribution in [3.05, 3.63) is 36.0 Å². The van der Waals surface area contributed by atoms with Gasteiger partial charge in [0.25, 0.3) is 0 Å². The van der Waals surface area contributed by atoms with Crippen molar-refractivity contribution in [3.8, 4) is 0 Å². The van der Waals surface area contributed by atoms with Crippen molar-refractivity contribution in [1.82, 2.24) is 14.9 Å². The van der Waals surface area contributed by atoms with Gasteiger partial charge in [0.15, 0.2) is 0 Å². The van der Waals surface area contributed by atoms with E-state index in [-0.39, 0.29) is 0 Å². The predicted octanol–water partition coefficient (Wildman–Crippen LogP) is 3.52. The summed E-state index contributed by atoms with van der Waals surface area (Å²) >= 11 is 0. The molecule has 1 aromatic carbocycles. The van der Waals surface area contributed by atoms with Gasteiger partial charge >= 0.3 is 0 Å². The molecule has 6 heteroatoms. The number of nitrogens with zero attached hydrogens (tertiary/aromatic N) is 5. The predicted molar refractivity (Wildman–Crippen MR) is 114 cm³/mol. The number of aromatic nitrogens is 2. The van der Waals surface area contributed by atoms with Gasteiger partial charge in [0.1, 0.15) is 5.82 Å². The number of aryl methyl sites for hydroxylation is 1. The van der Waals surface area contributed by atoms with E-state index in [2.05, 4.69) is 70.3 Å². The van der Waals surface area contributed by atoms with Crippen LogP contribution in [-0.2, 0) is 0 Å².